The number of rotatable bonds is 7. The maximum absolute atomic E-state index is 13.8. The smallest absolute Gasteiger partial charge is 0.366 e. The topological polar surface area (TPSA) is 120 Å². The third-order valence-electron chi connectivity index (χ3n) is 7.10. The number of piperazine rings is 1. The molecule has 1 aromatic heterocycles. The fourth-order valence-corrected chi connectivity index (χ4v) is 5.01. The highest BCUT2D eigenvalue weighted by atomic mass is 19.4. The molecular weight excluding hydrogens is 539 g/mol. The van der Waals surface area contributed by atoms with E-state index in [4.69, 9.17) is 0 Å². The van der Waals surface area contributed by atoms with Crippen molar-refractivity contribution in [2.24, 2.45) is 5.92 Å². The summed E-state index contributed by atoms with van der Waals surface area (Å²) in [6.45, 7) is 7.00. The molecule has 1 saturated carbocycles. The number of nitrogens with zero attached hydrogens (tertiary/aromatic N) is 4. The summed E-state index contributed by atoms with van der Waals surface area (Å²) in [5.74, 6) is -1.30. The van der Waals surface area contributed by atoms with E-state index in [1.807, 2.05) is 13.8 Å². The number of benzene rings is 1. The van der Waals surface area contributed by atoms with Crippen molar-refractivity contribution in [3.05, 3.63) is 41.6 Å². The van der Waals surface area contributed by atoms with E-state index in [-0.39, 0.29) is 37.1 Å². The van der Waals surface area contributed by atoms with E-state index < -0.39 is 29.5 Å². The first-order valence-corrected chi connectivity index (χ1v) is 13.4. The second-order valence-electron chi connectivity index (χ2n) is 10.4. The van der Waals surface area contributed by atoms with Crippen molar-refractivity contribution >= 4 is 35.2 Å². The van der Waals surface area contributed by atoms with Crippen LogP contribution in [0.4, 0.5) is 30.6 Å². The predicted octanol–water partition coefficient (Wildman–Crippen LogP) is 4.28. The molecule has 2 fully saturated rings. The minimum atomic E-state index is -4.69. The first kappa shape index (κ1) is 31.6. The van der Waals surface area contributed by atoms with E-state index >= 15 is 0 Å². The van der Waals surface area contributed by atoms with Crippen LogP contribution in [0.2, 0.25) is 0 Å². The molecule has 1 aliphatic heterocycles. The molecule has 1 aliphatic carbocycles. The molecule has 4 rings (SSSR count). The zero-order valence-corrected chi connectivity index (χ0v) is 22.7. The molecule has 13 heteroatoms. The second kappa shape index (κ2) is 13.2. The van der Waals surface area contributed by atoms with Gasteiger partial charge in [-0.15, -0.1) is 0 Å². The molecule has 0 radical (unpaired) electrons. The number of aromatic nitrogens is 2. The quantitative estimate of drug-likeness (QED) is 0.449. The zero-order valence-electron chi connectivity index (χ0n) is 22.7. The molecule has 1 saturated heterocycles. The Bertz CT molecular complexity index is 1230. The molecule has 2 aliphatic rings. The summed E-state index contributed by atoms with van der Waals surface area (Å²) < 4.78 is 41.3. The Morgan fingerprint density at radius 2 is 1.63 bits per heavy atom. The van der Waals surface area contributed by atoms with Gasteiger partial charge in [-0.3, -0.25) is 14.4 Å². The maximum Gasteiger partial charge on any atom is 0.421 e. The summed E-state index contributed by atoms with van der Waals surface area (Å²) in [5.41, 5.74) is -0.0815. The number of carbonyl (C=O) groups excluding carboxylic acids is 3. The van der Waals surface area contributed by atoms with E-state index in [9.17, 15) is 27.6 Å². The average molecular weight is 578 g/mol. The number of anilines is 3. The molecule has 1 aromatic carbocycles. The fourth-order valence-electron chi connectivity index (χ4n) is 5.01. The van der Waals surface area contributed by atoms with E-state index in [1.54, 1.807) is 34.1 Å². The molecule has 3 amide bonds. The number of hydrogen-bond donors (Lipinski definition) is 3. The van der Waals surface area contributed by atoms with Crippen molar-refractivity contribution in [1.82, 2.24) is 25.1 Å². The minimum Gasteiger partial charge on any atom is -0.366 e. The van der Waals surface area contributed by atoms with Gasteiger partial charge in [-0.2, -0.15) is 18.2 Å². The van der Waals surface area contributed by atoms with Gasteiger partial charge in [0.1, 0.15) is 11.4 Å². The Hall–Kier alpha value is -3.90. The molecule has 0 bridgehead atoms. The maximum atomic E-state index is 13.8. The van der Waals surface area contributed by atoms with Crippen LogP contribution in [0, 0.1) is 5.92 Å². The first-order chi connectivity index (χ1) is 18.9. The van der Waals surface area contributed by atoms with Crippen molar-refractivity contribution in [3.8, 4) is 0 Å². The molecule has 3 N–H and O–H groups in total. The van der Waals surface area contributed by atoms with Gasteiger partial charge in [0.05, 0.1) is 5.92 Å². The lowest BCUT2D eigenvalue weighted by atomic mass is 10.0. The molecule has 2 aromatic rings. The Labute approximate surface area is 238 Å². The molecule has 2 atom stereocenters. The molecule has 0 spiro atoms. The number of nitrogens with one attached hydrogen (secondary N) is 3. The lowest BCUT2D eigenvalue weighted by Gasteiger charge is -2.34. The average Bonchev–Trinajstić information content (AvgIpc) is 3.36. The first-order valence-electron chi connectivity index (χ1n) is 13.4. The van der Waals surface area contributed by atoms with Gasteiger partial charge in [0.25, 0.3) is 5.91 Å². The number of alkyl halides is 3. The Kier molecular flexibility index (Phi) is 10.2. The lowest BCUT2D eigenvalue weighted by molar-refractivity contribution is -0.137. The van der Waals surface area contributed by atoms with Crippen LogP contribution in [0.25, 0.3) is 0 Å². The van der Waals surface area contributed by atoms with E-state index in [0.717, 1.165) is 0 Å². The number of carbonyl (C=O) groups is 3. The lowest BCUT2D eigenvalue weighted by Crippen LogP contribution is -2.50. The summed E-state index contributed by atoms with van der Waals surface area (Å²) in [4.78, 5) is 48.3. The van der Waals surface area contributed by atoms with Crippen LogP contribution < -0.4 is 16.0 Å². The molecule has 0 unspecified atom stereocenters. The van der Waals surface area contributed by atoms with Gasteiger partial charge in [0.2, 0.25) is 17.8 Å². The van der Waals surface area contributed by atoms with Gasteiger partial charge in [0, 0.05) is 62.6 Å². The van der Waals surface area contributed by atoms with Crippen LogP contribution in [0.5, 0.6) is 0 Å². The molecule has 224 valence electrons. The van der Waals surface area contributed by atoms with Crippen molar-refractivity contribution in [2.75, 3.05) is 36.8 Å². The summed E-state index contributed by atoms with van der Waals surface area (Å²) in [5, 5.41) is 8.60. The fraction of sp³-hybridized carbons (Fsp3) is 0.536. The van der Waals surface area contributed by atoms with Gasteiger partial charge in [0.15, 0.2) is 0 Å². The van der Waals surface area contributed by atoms with Crippen LogP contribution in [0.1, 0.15) is 63.4 Å². The van der Waals surface area contributed by atoms with Crippen LogP contribution in [0.3, 0.4) is 0 Å². The van der Waals surface area contributed by atoms with Crippen molar-refractivity contribution in [3.63, 3.8) is 0 Å². The van der Waals surface area contributed by atoms with Gasteiger partial charge < -0.3 is 25.8 Å². The Morgan fingerprint density at radius 1 is 1.00 bits per heavy atom. The van der Waals surface area contributed by atoms with Crippen LogP contribution in [-0.2, 0) is 15.8 Å². The summed E-state index contributed by atoms with van der Waals surface area (Å²) >= 11 is 0. The third-order valence-corrected chi connectivity index (χ3v) is 7.10. The predicted molar refractivity (Wildman–Crippen MR) is 150 cm³/mol. The second-order valence-corrected chi connectivity index (χ2v) is 10.4. The van der Waals surface area contributed by atoms with Crippen LogP contribution >= 0.6 is 0 Å². The monoisotopic (exact) mass is 577 g/mol. The number of hydrogen-bond acceptors (Lipinski definition) is 7. The standard InChI is InChI=1S/C27H34F3N7O3.CH4/c1-16(2)32-24(39)20-5-4-6-22(20)34-23-21(27(28,29)30)15-31-26(35-23)33-19-9-7-18(8-10-19)25(40)37-13-11-36(12-14-37)17(3)38;/h7-10,15-16,20,22H,4-6,11-14H2,1-3H3,(H,32,39)(H2,31,33,34,35);1H4/t20-,22+;/m0./s1. The highest BCUT2D eigenvalue weighted by Gasteiger charge is 2.39. The third kappa shape index (κ3) is 7.86. The van der Waals surface area contributed by atoms with Crippen molar-refractivity contribution in [1.29, 1.82) is 0 Å². The SMILES string of the molecule is C.CC(=O)N1CCN(C(=O)c2ccc(Nc3ncc(C(F)(F)F)c(N[C@@H]4CCC[C@@H]4C(=O)NC(C)C)n3)cc2)CC1. The van der Waals surface area contributed by atoms with Crippen molar-refractivity contribution in [2.45, 2.75) is 65.7 Å². The van der Waals surface area contributed by atoms with Gasteiger partial charge in [-0.05, 0) is 51.0 Å². The zero-order chi connectivity index (χ0) is 29.0. The molecule has 10 nitrogen and oxygen atoms in total. The largest absolute Gasteiger partial charge is 0.421 e. The van der Waals surface area contributed by atoms with E-state index in [0.29, 0.717) is 62.9 Å². The molecule has 2 heterocycles. The summed E-state index contributed by atoms with van der Waals surface area (Å²) in [6, 6.07) is 5.90. The minimum absolute atomic E-state index is 0. The van der Waals surface area contributed by atoms with E-state index in [2.05, 4.69) is 25.9 Å². The summed E-state index contributed by atoms with van der Waals surface area (Å²) in [7, 11) is 0. The molecular formula is C28H38F3N7O3. The highest BCUT2D eigenvalue weighted by Crippen LogP contribution is 2.36. The highest BCUT2D eigenvalue weighted by molar-refractivity contribution is 5.94. The number of amides is 3. The number of halogens is 3. The van der Waals surface area contributed by atoms with E-state index in [1.165, 1.54) is 6.92 Å². The van der Waals surface area contributed by atoms with Crippen LogP contribution in [0.15, 0.2) is 30.5 Å². The Morgan fingerprint density at radius 3 is 2.22 bits per heavy atom. The molecule has 41 heavy (non-hydrogen) atoms. The van der Waals surface area contributed by atoms with Gasteiger partial charge in [-0.1, -0.05) is 13.8 Å². The van der Waals surface area contributed by atoms with Crippen molar-refractivity contribution < 1.29 is 27.6 Å². The van der Waals surface area contributed by atoms with Crippen LogP contribution in [-0.4, -0.2) is 75.8 Å². The van der Waals surface area contributed by atoms with Gasteiger partial charge >= 0.3 is 6.18 Å². The summed E-state index contributed by atoms with van der Waals surface area (Å²) in [6.07, 6.45) is -2.14. The Balaban J connectivity index is 0.00000462. The van der Waals surface area contributed by atoms with Gasteiger partial charge in [-0.25, -0.2) is 4.98 Å². The normalized spacial score (nSPS) is 19.0.